The fraction of sp³-hybridized carbons (Fsp3) is 0.438. The van der Waals surface area contributed by atoms with Crippen LogP contribution in [0.15, 0.2) is 67.0 Å². The second-order valence-electron chi connectivity index (χ2n) is 10.7. The third-order valence-corrected chi connectivity index (χ3v) is 7.67. The maximum Gasteiger partial charge on any atom is 0.421 e. The molecule has 1 aromatic heterocycles. The van der Waals surface area contributed by atoms with Crippen molar-refractivity contribution < 1.29 is 32.5 Å². The first-order chi connectivity index (χ1) is 20.0. The Morgan fingerprint density at radius 2 is 1.71 bits per heavy atom. The fourth-order valence-corrected chi connectivity index (χ4v) is 5.14. The molecule has 0 radical (unpaired) electrons. The third-order valence-electron chi connectivity index (χ3n) is 7.67. The van der Waals surface area contributed by atoms with E-state index in [0.29, 0.717) is 39.4 Å². The number of hydrogen-bond acceptors (Lipinski definition) is 7. The number of esters is 1. The summed E-state index contributed by atoms with van der Waals surface area (Å²) in [5, 5.41) is 9.97. The molecule has 2 aromatic carbocycles. The zero-order valence-electron chi connectivity index (χ0n) is 24.2. The lowest BCUT2D eigenvalue weighted by Crippen LogP contribution is -2.56. The van der Waals surface area contributed by atoms with Crippen molar-refractivity contribution in [2.45, 2.75) is 51.7 Å². The number of aliphatic hydroxyl groups is 1. The molecule has 2 heterocycles. The van der Waals surface area contributed by atoms with Crippen molar-refractivity contribution in [2.75, 3.05) is 39.5 Å². The summed E-state index contributed by atoms with van der Waals surface area (Å²) in [4.78, 5) is 21.6. The summed E-state index contributed by atoms with van der Waals surface area (Å²) in [7, 11) is 0. The van der Waals surface area contributed by atoms with Crippen LogP contribution in [0.5, 0.6) is 0 Å². The second kappa shape index (κ2) is 13.8. The van der Waals surface area contributed by atoms with Gasteiger partial charge in [0.05, 0.1) is 6.61 Å². The predicted octanol–water partition coefficient (Wildman–Crippen LogP) is 5.09. The molecule has 2 atom stereocenters. The van der Waals surface area contributed by atoms with E-state index < -0.39 is 17.8 Å². The number of piperazine rings is 1. The van der Waals surface area contributed by atoms with Crippen molar-refractivity contribution in [2.24, 2.45) is 0 Å². The van der Waals surface area contributed by atoms with Gasteiger partial charge in [-0.25, -0.2) is 0 Å². The number of carbonyl (C=O) groups excluding carboxylic acids is 1. The van der Waals surface area contributed by atoms with Gasteiger partial charge in [-0.3, -0.25) is 19.6 Å². The lowest BCUT2D eigenvalue weighted by molar-refractivity contribution is -0.258. The molecule has 1 fully saturated rings. The van der Waals surface area contributed by atoms with E-state index in [0.717, 1.165) is 41.3 Å². The number of aryl methyl sites for hydroxylation is 1. The van der Waals surface area contributed by atoms with Crippen molar-refractivity contribution in [1.29, 1.82) is 0 Å². The molecule has 1 saturated heterocycles. The van der Waals surface area contributed by atoms with Gasteiger partial charge < -0.3 is 14.6 Å². The summed E-state index contributed by atoms with van der Waals surface area (Å²) < 4.78 is 50.6. The van der Waals surface area contributed by atoms with Gasteiger partial charge in [0.25, 0.3) is 0 Å². The summed E-state index contributed by atoms with van der Waals surface area (Å²) in [6.45, 7) is 8.98. The van der Waals surface area contributed by atoms with Gasteiger partial charge in [-0.2, -0.15) is 13.2 Å². The average molecular weight is 586 g/mol. The van der Waals surface area contributed by atoms with Gasteiger partial charge >= 0.3 is 12.1 Å². The molecule has 42 heavy (non-hydrogen) atoms. The van der Waals surface area contributed by atoms with Crippen LogP contribution in [0.2, 0.25) is 0 Å². The number of carbonyl (C=O) groups is 1. The maximum absolute atomic E-state index is 13.2. The first-order valence-electron chi connectivity index (χ1n) is 14.1. The van der Waals surface area contributed by atoms with Gasteiger partial charge in [0, 0.05) is 51.7 Å². The van der Waals surface area contributed by atoms with Gasteiger partial charge in [-0.1, -0.05) is 42.5 Å². The first-order valence-corrected chi connectivity index (χ1v) is 14.1. The summed E-state index contributed by atoms with van der Waals surface area (Å²) in [5.41, 5.74) is 1.66. The molecule has 0 spiro atoms. The van der Waals surface area contributed by atoms with Crippen LogP contribution in [-0.2, 0) is 33.0 Å². The topological polar surface area (TPSA) is 75.1 Å². The molecule has 4 rings (SSSR count). The zero-order chi connectivity index (χ0) is 30.3. The minimum Gasteiger partial charge on any atom is -0.462 e. The number of nitrogens with zero attached hydrogens (tertiary/aromatic N) is 3. The quantitative estimate of drug-likeness (QED) is 0.248. The lowest BCUT2D eigenvalue weighted by Gasteiger charge is -2.40. The fourth-order valence-electron chi connectivity index (χ4n) is 5.14. The van der Waals surface area contributed by atoms with Crippen LogP contribution in [-0.4, -0.2) is 77.5 Å². The van der Waals surface area contributed by atoms with E-state index in [1.54, 1.807) is 24.5 Å². The van der Waals surface area contributed by atoms with Crippen LogP contribution in [0.4, 0.5) is 13.2 Å². The largest absolute Gasteiger partial charge is 0.462 e. The third kappa shape index (κ3) is 7.74. The second-order valence-corrected chi connectivity index (χ2v) is 10.7. The number of ether oxygens (including phenoxy) is 2. The minimum atomic E-state index is -4.77. The van der Waals surface area contributed by atoms with Gasteiger partial charge in [-0.15, -0.1) is 0 Å². The normalized spacial score (nSPS) is 18.0. The molecule has 0 amide bonds. The van der Waals surface area contributed by atoms with E-state index in [1.807, 2.05) is 38.1 Å². The molecule has 1 N–H and O–H groups in total. The summed E-state index contributed by atoms with van der Waals surface area (Å²) in [6, 6.07) is 15.3. The molecule has 0 bridgehead atoms. The molecule has 1 aliphatic rings. The molecule has 0 aliphatic carbocycles. The number of rotatable bonds is 11. The average Bonchev–Trinajstić information content (AvgIpc) is 2.96. The van der Waals surface area contributed by atoms with Gasteiger partial charge in [0.2, 0.25) is 0 Å². The minimum absolute atomic E-state index is 0.206. The SMILES string of the molecule is CCOCCOC(=O)[C@@H]1CN(Cc2ccc(-c3ccc(C(C)(O)C(F)(F)F)cc3)c(C)c2)CCN1Cc1ccncc1. The Morgan fingerprint density at radius 1 is 1.00 bits per heavy atom. The Morgan fingerprint density at radius 3 is 2.36 bits per heavy atom. The molecule has 1 aliphatic heterocycles. The Hall–Kier alpha value is -3.31. The van der Waals surface area contributed by atoms with Crippen LogP contribution >= 0.6 is 0 Å². The van der Waals surface area contributed by atoms with Crippen molar-refractivity contribution >= 4 is 5.97 Å². The van der Waals surface area contributed by atoms with E-state index in [9.17, 15) is 23.1 Å². The van der Waals surface area contributed by atoms with Crippen LogP contribution in [0.1, 0.15) is 36.1 Å². The highest BCUT2D eigenvalue weighted by atomic mass is 19.4. The standard InChI is InChI=1S/C32H38F3N3O4/c1-4-41-17-18-42-30(39)29-22-37(15-16-38(29)21-24-11-13-36-14-12-24)20-25-5-10-28(23(2)19-25)26-6-8-27(9-7-26)31(3,40)32(33,34)35/h5-14,19,29,40H,4,15-18,20-22H2,1-3H3/t29-,31?/m0/s1. The summed E-state index contributed by atoms with van der Waals surface area (Å²) in [6.07, 6.45) is -1.28. The molecule has 0 saturated carbocycles. The van der Waals surface area contributed by atoms with Crippen LogP contribution < -0.4 is 0 Å². The number of hydrogen-bond donors (Lipinski definition) is 1. The molecule has 226 valence electrons. The van der Waals surface area contributed by atoms with E-state index in [-0.39, 0.29) is 18.1 Å². The van der Waals surface area contributed by atoms with Gasteiger partial charge in [0.1, 0.15) is 12.6 Å². The number of aromatic nitrogens is 1. The first kappa shape index (κ1) is 31.6. The molecule has 1 unspecified atom stereocenters. The van der Waals surface area contributed by atoms with Crippen molar-refractivity contribution in [3.8, 4) is 11.1 Å². The molecular formula is C32H38F3N3O4. The van der Waals surface area contributed by atoms with Crippen LogP contribution in [0, 0.1) is 6.92 Å². The number of pyridine rings is 1. The van der Waals surface area contributed by atoms with Crippen molar-refractivity contribution in [3.05, 3.63) is 89.2 Å². The lowest BCUT2D eigenvalue weighted by atomic mass is 9.92. The predicted molar refractivity (Wildman–Crippen MR) is 153 cm³/mol. The Kier molecular flexibility index (Phi) is 10.4. The van der Waals surface area contributed by atoms with E-state index in [4.69, 9.17) is 9.47 Å². The Balaban J connectivity index is 1.44. The molecular weight excluding hydrogens is 547 g/mol. The van der Waals surface area contributed by atoms with E-state index in [1.165, 1.54) is 12.1 Å². The van der Waals surface area contributed by atoms with E-state index >= 15 is 0 Å². The molecule has 10 heteroatoms. The van der Waals surface area contributed by atoms with Crippen molar-refractivity contribution in [3.63, 3.8) is 0 Å². The van der Waals surface area contributed by atoms with Gasteiger partial charge in [-0.05, 0) is 66.3 Å². The highest BCUT2D eigenvalue weighted by Crippen LogP contribution is 2.39. The number of benzene rings is 2. The Labute approximate surface area is 244 Å². The van der Waals surface area contributed by atoms with Crippen LogP contribution in [0.3, 0.4) is 0 Å². The maximum atomic E-state index is 13.2. The van der Waals surface area contributed by atoms with E-state index in [2.05, 4.69) is 20.9 Å². The monoisotopic (exact) mass is 585 g/mol. The zero-order valence-corrected chi connectivity index (χ0v) is 24.2. The van der Waals surface area contributed by atoms with Crippen LogP contribution in [0.25, 0.3) is 11.1 Å². The van der Waals surface area contributed by atoms with Gasteiger partial charge in [0.15, 0.2) is 5.60 Å². The smallest absolute Gasteiger partial charge is 0.421 e. The van der Waals surface area contributed by atoms with Crippen molar-refractivity contribution in [1.82, 2.24) is 14.8 Å². The highest BCUT2D eigenvalue weighted by molar-refractivity contribution is 5.76. The summed E-state index contributed by atoms with van der Waals surface area (Å²) in [5.74, 6) is -0.270. The molecule has 7 nitrogen and oxygen atoms in total. The number of halogens is 3. The highest BCUT2D eigenvalue weighted by Gasteiger charge is 2.51. The number of alkyl halides is 3. The summed E-state index contributed by atoms with van der Waals surface area (Å²) >= 11 is 0. The molecule has 3 aromatic rings. The Bertz CT molecular complexity index is 1320.